The molecule has 2 heterocycles. The van der Waals surface area contributed by atoms with E-state index >= 15 is 0 Å². The molecule has 13 heteroatoms. The van der Waals surface area contributed by atoms with Gasteiger partial charge in [-0.15, -0.1) is 5.10 Å². The Labute approximate surface area is 170 Å². The van der Waals surface area contributed by atoms with Gasteiger partial charge in [-0.1, -0.05) is 5.16 Å². The molecule has 1 aromatic carbocycles. The van der Waals surface area contributed by atoms with Gasteiger partial charge in [0.1, 0.15) is 12.1 Å². The van der Waals surface area contributed by atoms with Gasteiger partial charge in [0.15, 0.2) is 5.82 Å². The Morgan fingerprint density at radius 3 is 2.10 bits per heavy atom. The highest BCUT2D eigenvalue weighted by molar-refractivity contribution is 6.22. The second kappa shape index (κ2) is 7.56. The molecule has 2 aromatic heterocycles. The maximum atomic E-state index is 13.1. The summed E-state index contributed by atoms with van der Waals surface area (Å²) in [5, 5.41) is 7.55. The van der Waals surface area contributed by atoms with Crippen molar-refractivity contribution in [1.82, 2.24) is 19.9 Å². The van der Waals surface area contributed by atoms with E-state index < -0.39 is 40.8 Å². The fraction of sp³-hybridized carbons (Fsp3) is 0.222. The second-order valence-corrected chi connectivity index (χ2v) is 6.45. The molecule has 0 atom stereocenters. The van der Waals surface area contributed by atoms with Crippen LogP contribution in [0.15, 0.2) is 29.0 Å². The number of rotatable bonds is 4. The van der Waals surface area contributed by atoms with Crippen LogP contribution in [-0.2, 0) is 17.1 Å². The van der Waals surface area contributed by atoms with Crippen LogP contribution in [0.2, 0.25) is 0 Å². The SMILES string of the molecule is Cc1noc(C)c1C(=Cn1cnc(-c2cc(C(F)(F)F)cc(C(F)(F)F)c2)n1)C(N)=O. The first kappa shape index (κ1) is 22.1. The van der Waals surface area contributed by atoms with Crippen LogP contribution in [0, 0.1) is 13.8 Å². The fourth-order valence-electron chi connectivity index (χ4n) is 2.80. The summed E-state index contributed by atoms with van der Waals surface area (Å²) in [5.74, 6) is -1.03. The number of aryl methyl sites for hydroxylation is 2. The molecule has 0 unspecified atom stereocenters. The molecule has 0 saturated carbocycles. The van der Waals surface area contributed by atoms with Crippen LogP contribution in [0.1, 0.15) is 28.1 Å². The molecule has 0 saturated heterocycles. The van der Waals surface area contributed by atoms with E-state index in [9.17, 15) is 31.1 Å². The van der Waals surface area contributed by atoms with E-state index in [-0.39, 0.29) is 23.0 Å². The third kappa shape index (κ3) is 4.59. The van der Waals surface area contributed by atoms with Crippen molar-refractivity contribution in [2.75, 3.05) is 0 Å². The van der Waals surface area contributed by atoms with Gasteiger partial charge in [0, 0.05) is 11.8 Å². The highest BCUT2D eigenvalue weighted by Gasteiger charge is 2.37. The van der Waals surface area contributed by atoms with Gasteiger partial charge < -0.3 is 10.3 Å². The molecule has 31 heavy (non-hydrogen) atoms. The zero-order valence-electron chi connectivity index (χ0n) is 15.8. The minimum Gasteiger partial charge on any atom is -0.366 e. The van der Waals surface area contributed by atoms with Gasteiger partial charge in [-0.05, 0) is 32.0 Å². The van der Waals surface area contributed by atoms with Crippen LogP contribution in [0.4, 0.5) is 26.3 Å². The van der Waals surface area contributed by atoms with Crippen molar-refractivity contribution < 1.29 is 35.7 Å². The average Bonchev–Trinajstić information content (AvgIpc) is 3.24. The standard InChI is InChI=1S/C18H13F6N5O2/c1-8-14(9(2)31-28-8)13(15(25)30)6-29-7-26-16(27-29)10-3-11(17(19,20)21)5-12(4-10)18(22,23)24/h3-7H,1-2H3,(H2,25,30). The first-order valence-corrected chi connectivity index (χ1v) is 8.43. The van der Waals surface area contributed by atoms with Gasteiger partial charge in [-0.3, -0.25) is 4.79 Å². The third-order valence-corrected chi connectivity index (χ3v) is 4.18. The number of nitrogens with two attached hydrogens (primary N) is 1. The maximum absolute atomic E-state index is 13.1. The summed E-state index contributed by atoms with van der Waals surface area (Å²) in [6.45, 7) is 3.08. The number of alkyl halides is 6. The third-order valence-electron chi connectivity index (χ3n) is 4.18. The molecule has 0 aliphatic heterocycles. The van der Waals surface area contributed by atoms with Crippen LogP contribution in [-0.4, -0.2) is 25.8 Å². The molecule has 2 N–H and O–H groups in total. The van der Waals surface area contributed by atoms with Crippen molar-refractivity contribution >= 4 is 17.7 Å². The summed E-state index contributed by atoms with van der Waals surface area (Å²) in [4.78, 5) is 15.6. The number of carbonyl (C=O) groups is 1. The first-order chi connectivity index (χ1) is 14.3. The smallest absolute Gasteiger partial charge is 0.366 e. The highest BCUT2D eigenvalue weighted by Crippen LogP contribution is 2.38. The number of aromatic nitrogens is 4. The largest absolute Gasteiger partial charge is 0.416 e. The van der Waals surface area contributed by atoms with Crippen molar-refractivity contribution in [1.29, 1.82) is 0 Å². The lowest BCUT2D eigenvalue weighted by atomic mass is 10.0. The number of benzene rings is 1. The first-order valence-electron chi connectivity index (χ1n) is 8.43. The number of carbonyl (C=O) groups excluding carboxylic acids is 1. The lowest BCUT2D eigenvalue weighted by molar-refractivity contribution is -0.143. The Bertz CT molecular complexity index is 1120. The minimum absolute atomic E-state index is 0.00302. The average molecular weight is 445 g/mol. The lowest BCUT2D eigenvalue weighted by Gasteiger charge is -2.13. The molecule has 0 spiro atoms. The number of nitrogens with zero attached hydrogens (tertiary/aromatic N) is 4. The second-order valence-electron chi connectivity index (χ2n) is 6.45. The molecule has 0 bridgehead atoms. The predicted octanol–water partition coefficient (Wildman–Crippen LogP) is 4.07. The molecule has 7 nitrogen and oxygen atoms in total. The number of primary amides is 1. The van der Waals surface area contributed by atoms with Gasteiger partial charge in [0.25, 0.3) is 5.91 Å². The molecular weight excluding hydrogens is 432 g/mol. The normalized spacial score (nSPS) is 13.0. The summed E-state index contributed by atoms with van der Waals surface area (Å²) in [6, 6.07) is 1.01. The van der Waals surface area contributed by atoms with Gasteiger partial charge >= 0.3 is 12.4 Å². The Balaban J connectivity index is 2.10. The fourth-order valence-corrected chi connectivity index (χ4v) is 2.80. The van der Waals surface area contributed by atoms with Crippen LogP contribution >= 0.6 is 0 Å². The number of hydrogen-bond donors (Lipinski definition) is 1. The van der Waals surface area contributed by atoms with Crippen molar-refractivity contribution in [2.45, 2.75) is 26.2 Å². The molecule has 1 amide bonds. The van der Waals surface area contributed by atoms with E-state index in [1.54, 1.807) is 6.92 Å². The van der Waals surface area contributed by atoms with Gasteiger partial charge in [0.2, 0.25) is 0 Å². The van der Waals surface area contributed by atoms with E-state index in [0.29, 0.717) is 17.8 Å². The summed E-state index contributed by atoms with van der Waals surface area (Å²) in [5.41, 5.74) is 2.40. The molecule has 0 fully saturated rings. The zero-order chi connectivity index (χ0) is 23.1. The van der Waals surface area contributed by atoms with Crippen LogP contribution in [0.5, 0.6) is 0 Å². The molecule has 3 rings (SSSR count). The van der Waals surface area contributed by atoms with Gasteiger partial charge in [0.05, 0.1) is 28.0 Å². The van der Waals surface area contributed by atoms with E-state index in [4.69, 9.17) is 10.3 Å². The Morgan fingerprint density at radius 2 is 1.65 bits per heavy atom. The van der Waals surface area contributed by atoms with Crippen LogP contribution in [0.25, 0.3) is 23.2 Å². The van der Waals surface area contributed by atoms with Gasteiger partial charge in [-0.25, -0.2) is 9.67 Å². The van der Waals surface area contributed by atoms with Crippen molar-refractivity contribution in [3.8, 4) is 11.4 Å². The summed E-state index contributed by atoms with van der Waals surface area (Å²) >= 11 is 0. The molecule has 0 radical (unpaired) electrons. The number of amides is 1. The lowest BCUT2D eigenvalue weighted by Crippen LogP contribution is -2.14. The zero-order valence-corrected chi connectivity index (χ0v) is 15.8. The van der Waals surface area contributed by atoms with Crippen molar-refractivity contribution in [2.24, 2.45) is 5.73 Å². The Kier molecular flexibility index (Phi) is 5.38. The van der Waals surface area contributed by atoms with Crippen molar-refractivity contribution in [3.05, 3.63) is 52.7 Å². The predicted molar refractivity (Wildman–Crippen MR) is 94.8 cm³/mol. The van der Waals surface area contributed by atoms with E-state index in [1.165, 1.54) is 6.92 Å². The minimum atomic E-state index is -5.01. The summed E-state index contributed by atoms with van der Waals surface area (Å²) < 4.78 is 84.3. The Hall–Kier alpha value is -3.64. The molecule has 0 aliphatic carbocycles. The summed E-state index contributed by atoms with van der Waals surface area (Å²) in [6.07, 6.45) is -7.91. The Morgan fingerprint density at radius 1 is 1.06 bits per heavy atom. The topological polar surface area (TPSA) is 99.8 Å². The van der Waals surface area contributed by atoms with E-state index in [0.717, 1.165) is 17.2 Å². The van der Waals surface area contributed by atoms with E-state index in [1.807, 2.05) is 0 Å². The summed E-state index contributed by atoms with van der Waals surface area (Å²) in [7, 11) is 0. The molecular formula is C18H13F6N5O2. The van der Waals surface area contributed by atoms with Crippen molar-refractivity contribution in [3.63, 3.8) is 0 Å². The van der Waals surface area contributed by atoms with Crippen LogP contribution in [0.3, 0.4) is 0 Å². The maximum Gasteiger partial charge on any atom is 0.416 e. The number of halogens is 6. The molecule has 164 valence electrons. The molecule has 0 aliphatic rings. The highest BCUT2D eigenvalue weighted by atomic mass is 19.4. The van der Waals surface area contributed by atoms with Gasteiger partial charge in [-0.2, -0.15) is 26.3 Å². The van der Waals surface area contributed by atoms with E-state index in [2.05, 4.69) is 15.2 Å². The number of hydrogen-bond acceptors (Lipinski definition) is 5. The quantitative estimate of drug-likeness (QED) is 0.482. The molecule has 3 aromatic rings. The van der Waals surface area contributed by atoms with Crippen LogP contribution < -0.4 is 5.73 Å². The monoisotopic (exact) mass is 445 g/mol.